The van der Waals surface area contributed by atoms with Crippen molar-refractivity contribution in [2.24, 2.45) is 5.92 Å². The molecule has 3 aromatic rings. The fourth-order valence-corrected chi connectivity index (χ4v) is 2.90. The summed E-state index contributed by atoms with van der Waals surface area (Å²) in [6, 6.07) is 26.7. The van der Waals surface area contributed by atoms with Gasteiger partial charge in [0, 0.05) is 18.5 Å². The van der Waals surface area contributed by atoms with Crippen LogP contribution in [-0.2, 0) is 13.0 Å². The van der Waals surface area contributed by atoms with Crippen molar-refractivity contribution in [1.82, 2.24) is 0 Å². The van der Waals surface area contributed by atoms with E-state index in [-0.39, 0.29) is 0 Å². The Labute approximate surface area is 168 Å². The van der Waals surface area contributed by atoms with Crippen LogP contribution < -0.4 is 14.8 Å². The third-order valence-corrected chi connectivity index (χ3v) is 4.39. The first-order valence-corrected chi connectivity index (χ1v) is 9.92. The molecule has 0 atom stereocenters. The summed E-state index contributed by atoms with van der Waals surface area (Å²) in [7, 11) is 0. The molecule has 0 bridgehead atoms. The molecule has 146 valence electrons. The second-order valence-electron chi connectivity index (χ2n) is 7.25. The summed E-state index contributed by atoms with van der Waals surface area (Å²) in [6.07, 6.45) is 0.897. The van der Waals surface area contributed by atoms with Gasteiger partial charge >= 0.3 is 0 Å². The first-order valence-electron chi connectivity index (χ1n) is 9.92. The van der Waals surface area contributed by atoms with Gasteiger partial charge in [0.1, 0.15) is 11.5 Å². The molecule has 3 heteroatoms. The molecule has 0 aliphatic heterocycles. The van der Waals surface area contributed by atoms with E-state index in [0.717, 1.165) is 29.2 Å². The molecule has 0 amide bonds. The summed E-state index contributed by atoms with van der Waals surface area (Å²) in [5.41, 5.74) is 3.42. The minimum atomic E-state index is 0.492. The molecule has 0 heterocycles. The number of benzene rings is 3. The molecule has 0 aliphatic carbocycles. The Morgan fingerprint density at radius 3 is 2.21 bits per heavy atom. The number of nitrogens with one attached hydrogen (secondary N) is 1. The Morgan fingerprint density at radius 1 is 0.750 bits per heavy atom. The monoisotopic (exact) mass is 375 g/mol. The quantitative estimate of drug-likeness (QED) is 0.474. The van der Waals surface area contributed by atoms with Gasteiger partial charge in [-0.1, -0.05) is 74.5 Å². The fourth-order valence-electron chi connectivity index (χ4n) is 2.90. The van der Waals surface area contributed by atoms with Gasteiger partial charge in [0.05, 0.1) is 18.9 Å². The Balaban J connectivity index is 1.59. The first kappa shape index (κ1) is 19.8. The second-order valence-corrected chi connectivity index (χ2v) is 7.25. The molecular formula is C25H29NO2. The SMILES string of the molecule is CC(C)COc1ccccc1NCc1ccccc1OCCc1ccccc1. The minimum absolute atomic E-state index is 0.492. The van der Waals surface area contributed by atoms with Crippen LogP contribution in [0, 0.1) is 5.92 Å². The molecule has 3 rings (SSSR count). The van der Waals surface area contributed by atoms with E-state index in [1.165, 1.54) is 5.56 Å². The van der Waals surface area contributed by atoms with Gasteiger partial charge in [-0.3, -0.25) is 0 Å². The standard InChI is InChI=1S/C25H29NO2/c1-20(2)19-28-25-15-9-7-13-23(25)26-18-22-12-6-8-14-24(22)27-17-16-21-10-4-3-5-11-21/h3-15,20,26H,16-19H2,1-2H3. The lowest BCUT2D eigenvalue weighted by atomic mass is 10.1. The summed E-state index contributed by atoms with van der Waals surface area (Å²) in [5.74, 6) is 2.30. The van der Waals surface area contributed by atoms with E-state index in [0.29, 0.717) is 25.7 Å². The highest BCUT2D eigenvalue weighted by Crippen LogP contribution is 2.26. The summed E-state index contributed by atoms with van der Waals surface area (Å²) >= 11 is 0. The van der Waals surface area contributed by atoms with E-state index < -0.39 is 0 Å². The molecule has 0 aliphatic rings. The molecule has 0 unspecified atom stereocenters. The molecule has 3 nitrogen and oxygen atoms in total. The van der Waals surface area contributed by atoms with Gasteiger partial charge in [-0.25, -0.2) is 0 Å². The van der Waals surface area contributed by atoms with Gasteiger partial charge < -0.3 is 14.8 Å². The highest BCUT2D eigenvalue weighted by molar-refractivity contribution is 5.56. The maximum Gasteiger partial charge on any atom is 0.142 e. The van der Waals surface area contributed by atoms with Crippen LogP contribution in [0.5, 0.6) is 11.5 Å². The van der Waals surface area contributed by atoms with Crippen molar-refractivity contribution in [2.45, 2.75) is 26.8 Å². The van der Waals surface area contributed by atoms with Crippen LogP contribution in [0.3, 0.4) is 0 Å². The summed E-state index contributed by atoms with van der Waals surface area (Å²) in [5, 5.41) is 3.50. The van der Waals surface area contributed by atoms with Crippen LogP contribution in [0.25, 0.3) is 0 Å². The maximum absolute atomic E-state index is 6.07. The van der Waals surface area contributed by atoms with Gasteiger partial charge in [-0.05, 0) is 29.7 Å². The van der Waals surface area contributed by atoms with Crippen molar-refractivity contribution in [3.05, 3.63) is 90.0 Å². The van der Waals surface area contributed by atoms with Crippen LogP contribution in [0.4, 0.5) is 5.69 Å². The van der Waals surface area contributed by atoms with Gasteiger partial charge in [0.2, 0.25) is 0 Å². The first-order chi connectivity index (χ1) is 13.7. The third-order valence-electron chi connectivity index (χ3n) is 4.39. The number of ether oxygens (including phenoxy) is 2. The largest absolute Gasteiger partial charge is 0.493 e. The zero-order valence-electron chi connectivity index (χ0n) is 16.7. The Hall–Kier alpha value is -2.94. The van der Waals surface area contributed by atoms with Crippen LogP contribution in [0.2, 0.25) is 0 Å². The second kappa shape index (κ2) is 10.4. The lowest BCUT2D eigenvalue weighted by Gasteiger charge is -2.16. The molecule has 0 spiro atoms. The smallest absolute Gasteiger partial charge is 0.142 e. The molecule has 0 saturated carbocycles. The molecule has 0 fully saturated rings. The normalized spacial score (nSPS) is 10.7. The summed E-state index contributed by atoms with van der Waals surface area (Å²) in [6.45, 7) is 6.36. The van der Waals surface area contributed by atoms with E-state index in [4.69, 9.17) is 9.47 Å². The van der Waals surface area contributed by atoms with Crippen molar-refractivity contribution < 1.29 is 9.47 Å². The van der Waals surface area contributed by atoms with Crippen LogP contribution in [0.15, 0.2) is 78.9 Å². The summed E-state index contributed by atoms with van der Waals surface area (Å²) in [4.78, 5) is 0. The molecular weight excluding hydrogens is 346 g/mol. The number of anilines is 1. The van der Waals surface area contributed by atoms with E-state index in [1.807, 2.05) is 42.5 Å². The lowest BCUT2D eigenvalue weighted by molar-refractivity contribution is 0.272. The van der Waals surface area contributed by atoms with Crippen molar-refractivity contribution in [1.29, 1.82) is 0 Å². The predicted octanol–water partition coefficient (Wildman–Crippen LogP) is 5.96. The molecule has 28 heavy (non-hydrogen) atoms. The Kier molecular flexibility index (Phi) is 7.36. The molecule has 0 saturated heterocycles. The Morgan fingerprint density at radius 2 is 1.43 bits per heavy atom. The average molecular weight is 376 g/mol. The van der Waals surface area contributed by atoms with Crippen molar-refractivity contribution in [2.75, 3.05) is 18.5 Å². The van der Waals surface area contributed by atoms with E-state index in [9.17, 15) is 0 Å². The topological polar surface area (TPSA) is 30.5 Å². The van der Waals surface area contributed by atoms with Gasteiger partial charge in [0.25, 0.3) is 0 Å². The van der Waals surface area contributed by atoms with Crippen LogP contribution >= 0.6 is 0 Å². The van der Waals surface area contributed by atoms with Crippen molar-refractivity contribution in [3.63, 3.8) is 0 Å². The van der Waals surface area contributed by atoms with E-state index >= 15 is 0 Å². The van der Waals surface area contributed by atoms with E-state index in [1.54, 1.807) is 0 Å². The minimum Gasteiger partial charge on any atom is -0.493 e. The molecule has 1 N–H and O–H groups in total. The molecule has 3 aromatic carbocycles. The van der Waals surface area contributed by atoms with Gasteiger partial charge in [-0.15, -0.1) is 0 Å². The number of hydrogen-bond acceptors (Lipinski definition) is 3. The fraction of sp³-hybridized carbons (Fsp3) is 0.280. The molecule has 0 radical (unpaired) electrons. The maximum atomic E-state index is 6.07. The Bertz CT molecular complexity index is 846. The molecule has 0 aromatic heterocycles. The van der Waals surface area contributed by atoms with Crippen molar-refractivity contribution >= 4 is 5.69 Å². The zero-order valence-corrected chi connectivity index (χ0v) is 16.7. The number of rotatable bonds is 10. The van der Waals surface area contributed by atoms with Crippen molar-refractivity contribution in [3.8, 4) is 11.5 Å². The van der Waals surface area contributed by atoms with E-state index in [2.05, 4.69) is 55.6 Å². The number of para-hydroxylation sites is 3. The zero-order chi connectivity index (χ0) is 19.6. The van der Waals surface area contributed by atoms with Gasteiger partial charge in [0.15, 0.2) is 0 Å². The number of hydrogen-bond donors (Lipinski definition) is 1. The highest BCUT2D eigenvalue weighted by atomic mass is 16.5. The van der Waals surface area contributed by atoms with Crippen LogP contribution in [0.1, 0.15) is 25.0 Å². The third kappa shape index (κ3) is 6.05. The average Bonchev–Trinajstić information content (AvgIpc) is 2.73. The predicted molar refractivity (Wildman–Crippen MR) is 116 cm³/mol. The lowest BCUT2D eigenvalue weighted by Crippen LogP contribution is -2.08. The van der Waals surface area contributed by atoms with Gasteiger partial charge in [-0.2, -0.15) is 0 Å². The van der Waals surface area contributed by atoms with Crippen LogP contribution in [-0.4, -0.2) is 13.2 Å². The summed E-state index contributed by atoms with van der Waals surface area (Å²) < 4.78 is 12.0. The highest BCUT2D eigenvalue weighted by Gasteiger charge is 2.07.